The molecule has 50 heavy (non-hydrogen) atoms. The van der Waals surface area contributed by atoms with Crippen molar-refractivity contribution in [3.05, 3.63) is 47.7 Å². The maximum atomic E-state index is 17.7. The molecule has 2 aromatic heterocycles. The molecule has 3 fully saturated rings. The third kappa shape index (κ3) is 5.30. The number of halogens is 2. The molecule has 0 saturated carbocycles. The second kappa shape index (κ2) is 12.6. The summed E-state index contributed by atoms with van der Waals surface area (Å²) in [5, 5.41) is 17.8. The van der Waals surface area contributed by atoms with E-state index in [4.69, 9.17) is 26.2 Å². The molecule has 8 rings (SSSR count). The van der Waals surface area contributed by atoms with E-state index in [9.17, 15) is 5.11 Å². The Morgan fingerprint density at radius 3 is 2.52 bits per heavy atom. The molecule has 3 aliphatic rings. The monoisotopic (exact) mass is 680 g/mol. The Morgan fingerprint density at radius 1 is 1.04 bits per heavy atom. The Kier molecular flexibility index (Phi) is 8.25. The van der Waals surface area contributed by atoms with E-state index in [2.05, 4.69) is 39.6 Å². The van der Waals surface area contributed by atoms with Crippen LogP contribution in [0.5, 0.6) is 5.75 Å². The van der Waals surface area contributed by atoms with Crippen molar-refractivity contribution in [2.45, 2.75) is 43.8 Å². The molecule has 2 bridgehead atoms. The SMILES string of the molecule is C#Cc1c(F)ccc2cc(O)cc(-c3c(F)c4nc(N5CC[C@H](N(C)C)C5)nc(N5[C@@H]6CC[C@H]5CN(CCCOC)C6)c4c4cn(C)nc34)c12. The largest absolute Gasteiger partial charge is 0.508 e. The van der Waals surface area contributed by atoms with Gasteiger partial charge >= 0.3 is 0 Å². The zero-order valence-electron chi connectivity index (χ0n) is 29.0. The fourth-order valence-electron chi connectivity index (χ4n) is 8.56. The minimum Gasteiger partial charge on any atom is -0.508 e. The number of hydrogen-bond acceptors (Lipinski definition) is 9. The Balaban J connectivity index is 1.39. The maximum absolute atomic E-state index is 17.7. The van der Waals surface area contributed by atoms with Gasteiger partial charge in [0.05, 0.1) is 10.9 Å². The summed E-state index contributed by atoms with van der Waals surface area (Å²) in [6.45, 7) is 4.94. The van der Waals surface area contributed by atoms with Crippen LogP contribution in [0, 0.1) is 24.0 Å². The van der Waals surface area contributed by atoms with E-state index in [1.807, 2.05) is 6.20 Å². The molecule has 0 radical (unpaired) electrons. The fraction of sp³-hybridized carbons (Fsp3) is 0.447. The van der Waals surface area contributed by atoms with Gasteiger partial charge in [0.25, 0.3) is 0 Å². The molecule has 1 N–H and O–H groups in total. The van der Waals surface area contributed by atoms with Gasteiger partial charge in [-0.05, 0) is 68.9 Å². The Hall–Kier alpha value is -4.57. The van der Waals surface area contributed by atoms with Crippen LogP contribution in [0.15, 0.2) is 30.5 Å². The molecule has 3 aliphatic heterocycles. The Bertz CT molecular complexity index is 2160. The molecule has 3 saturated heterocycles. The van der Waals surface area contributed by atoms with Gasteiger partial charge in [0, 0.05) is 94.1 Å². The molecule has 260 valence electrons. The van der Waals surface area contributed by atoms with Crippen LogP contribution >= 0.6 is 0 Å². The topological polar surface area (TPSA) is 86.0 Å². The van der Waals surface area contributed by atoms with E-state index in [0.29, 0.717) is 39.1 Å². The zero-order valence-corrected chi connectivity index (χ0v) is 29.0. The summed E-state index contributed by atoms with van der Waals surface area (Å²) in [6, 6.07) is 6.49. The molecular weight excluding hydrogens is 638 g/mol. The van der Waals surface area contributed by atoms with Crippen molar-refractivity contribution in [2.75, 3.05) is 70.3 Å². The lowest BCUT2D eigenvalue weighted by Gasteiger charge is -2.42. The highest BCUT2D eigenvalue weighted by molar-refractivity contribution is 6.18. The Labute approximate surface area is 290 Å². The van der Waals surface area contributed by atoms with Crippen LogP contribution in [0.3, 0.4) is 0 Å². The van der Waals surface area contributed by atoms with Crippen LogP contribution in [0.25, 0.3) is 43.7 Å². The van der Waals surface area contributed by atoms with Crippen molar-refractivity contribution in [3.8, 4) is 29.2 Å². The molecule has 5 aromatic rings. The van der Waals surface area contributed by atoms with Gasteiger partial charge in [-0.3, -0.25) is 9.58 Å². The van der Waals surface area contributed by atoms with Crippen molar-refractivity contribution in [1.29, 1.82) is 0 Å². The minimum atomic E-state index is -0.607. The third-order valence-corrected chi connectivity index (χ3v) is 10.9. The van der Waals surface area contributed by atoms with Gasteiger partial charge in [0.2, 0.25) is 5.95 Å². The molecular formula is C38H42F2N8O2. The number of hydrogen-bond donors (Lipinski definition) is 1. The van der Waals surface area contributed by atoms with E-state index >= 15 is 8.78 Å². The van der Waals surface area contributed by atoms with Crippen LogP contribution in [0.2, 0.25) is 0 Å². The van der Waals surface area contributed by atoms with Crippen LogP contribution in [-0.4, -0.2) is 113 Å². The summed E-state index contributed by atoms with van der Waals surface area (Å²) in [4.78, 5) is 19.6. The van der Waals surface area contributed by atoms with Gasteiger partial charge < -0.3 is 24.5 Å². The molecule has 0 amide bonds. The lowest BCUT2D eigenvalue weighted by Crippen LogP contribution is -2.54. The predicted octanol–water partition coefficient (Wildman–Crippen LogP) is 5.13. The third-order valence-electron chi connectivity index (χ3n) is 10.9. The second-order valence-electron chi connectivity index (χ2n) is 14.2. The number of rotatable bonds is 8. The number of aromatic hydroxyl groups is 1. The number of aromatic nitrogens is 4. The Morgan fingerprint density at radius 2 is 1.82 bits per heavy atom. The highest BCUT2D eigenvalue weighted by Gasteiger charge is 2.42. The van der Waals surface area contributed by atoms with E-state index in [0.717, 1.165) is 70.8 Å². The zero-order chi connectivity index (χ0) is 34.8. The van der Waals surface area contributed by atoms with Gasteiger partial charge in [-0.1, -0.05) is 12.0 Å². The summed E-state index contributed by atoms with van der Waals surface area (Å²) < 4.78 is 39.9. The number of anilines is 2. The van der Waals surface area contributed by atoms with Crippen LogP contribution in [-0.2, 0) is 11.8 Å². The summed E-state index contributed by atoms with van der Waals surface area (Å²) in [5.74, 6) is 2.38. The molecule has 12 heteroatoms. The molecule has 5 heterocycles. The number of ether oxygens (including phenoxy) is 1. The average Bonchev–Trinajstić information content (AvgIpc) is 3.80. The number of terminal acetylenes is 1. The summed E-state index contributed by atoms with van der Waals surface area (Å²) in [7, 11) is 7.68. The number of likely N-dealkylation sites (tertiary alicyclic amines) is 1. The lowest BCUT2D eigenvalue weighted by atomic mass is 9.91. The van der Waals surface area contributed by atoms with Crippen LogP contribution in [0.1, 0.15) is 31.2 Å². The molecule has 0 spiro atoms. The fourth-order valence-corrected chi connectivity index (χ4v) is 8.56. The van der Waals surface area contributed by atoms with Gasteiger partial charge in [0.1, 0.15) is 28.4 Å². The summed E-state index contributed by atoms with van der Waals surface area (Å²) in [5.41, 5.74) is 0.914. The average molecular weight is 681 g/mol. The summed E-state index contributed by atoms with van der Waals surface area (Å²) in [6.07, 6.45) is 11.7. The predicted molar refractivity (Wildman–Crippen MR) is 193 cm³/mol. The number of aryl methyl sites for hydroxylation is 1. The van der Waals surface area contributed by atoms with Crippen LogP contribution in [0.4, 0.5) is 20.5 Å². The van der Waals surface area contributed by atoms with Crippen molar-refractivity contribution < 1.29 is 18.6 Å². The van der Waals surface area contributed by atoms with E-state index < -0.39 is 11.6 Å². The standard InChI is InChI=1S/C38H42F2N8O2/c1-6-27-30(39)11-8-22-16-26(49)17-28(31(22)27)32-34(40)36-33(29-21-45(4)43-35(29)32)37(42-38(41-36)47-14-12-23(20-47)44(2)3)48-24-9-10-25(48)19-46(18-24)13-7-15-50-5/h1,8,11,16-17,21,23-25,49H,7,9-10,12-15,18-20H2,2-5H3/t23-,24-,25+/m0/s1. The van der Waals surface area contributed by atoms with Crippen LogP contribution < -0.4 is 9.80 Å². The molecule has 0 unspecified atom stereocenters. The molecule has 10 nitrogen and oxygen atoms in total. The van der Waals surface area contributed by atoms with Gasteiger partial charge in [-0.2, -0.15) is 10.1 Å². The number of phenols is 1. The number of piperazine rings is 1. The van der Waals surface area contributed by atoms with Crippen molar-refractivity contribution in [3.63, 3.8) is 0 Å². The van der Waals surface area contributed by atoms with E-state index in [1.165, 1.54) is 18.2 Å². The number of fused-ring (bicyclic) bond motifs is 6. The number of benzene rings is 3. The number of likely N-dealkylation sites (N-methyl/N-ethyl adjacent to an activating group) is 1. The van der Waals surface area contributed by atoms with E-state index in [-0.39, 0.29) is 40.0 Å². The second-order valence-corrected chi connectivity index (χ2v) is 14.2. The smallest absolute Gasteiger partial charge is 0.228 e. The normalized spacial score (nSPS) is 21.0. The molecule has 0 aliphatic carbocycles. The first-order chi connectivity index (χ1) is 24.2. The molecule has 3 aromatic carbocycles. The first-order valence-corrected chi connectivity index (χ1v) is 17.4. The van der Waals surface area contributed by atoms with Crippen molar-refractivity contribution >= 4 is 44.3 Å². The van der Waals surface area contributed by atoms with Gasteiger partial charge in [-0.15, -0.1) is 6.42 Å². The van der Waals surface area contributed by atoms with Gasteiger partial charge in [0.15, 0.2) is 5.82 Å². The maximum Gasteiger partial charge on any atom is 0.228 e. The number of nitrogens with zero attached hydrogens (tertiary/aromatic N) is 8. The first-order valence-electron chi connectivity index (χ1n) is 17.4. The summed E-state index contributed by atoms with van der Waals surface area (Å²) >= 11 is 0. The number of phenolic OH excluding ortho intramolecular Hbond substituents is 1. The highest BCUT2D eigenvalue weighted by atomic mass is 19.1. The molecule has 3 atom stereocenters. The first kappa shape index (κ1) is 32.6. The number of methoxy groups -OCH3 is 1. The van der Waals surface area contributed by atoms with Gasteiger partial charge in [-0.25, -0.2) is 13.8 Å². The van der Waals surface area contributed by atoms with Crippen molar-refractivity contribution in [2.24, 2.45) is 7.05 Å². The quantitative estimate of drug-likeness (QED) is 0.177. The van der Waals surface area contributed by atoms with E-state index in [1.54, 1.807) is 24.9 Å². The lowest BCUT2D eigenvalue weighted by molar-refractivity contribution is 0.159. The highest BCUT2D eigenvalue weighted by Crippen LogP contribution is 2.46. The van der Waals surface area contributed by atoms with Crippen molar-refractivity contribution in [1.82, 2.24) is 29.5 Å². The minimum absolute atomic E-state index is 0.00289.